The number of benzene rings is 3. The number of amides is 2. The van der Waals surface area contributed by atoms with Crippen LogP contribution in [0.3, 0.4) is 0 Å². The lowest BCUT2D eigenvalue weighted by Crippen LogP contribution is -2.52. The van der Waals surface area contributed by atoms with Gasteiger partial charge in [0.25, 0.3) is 10.0 Å². The van der Waals surface area contributed by atoms with Gasteiger partial charge in [0.2, 0.25) is 11.8 Å². The van der Waals surface area contributed by atoms with Crippen molar-refractivity contribution >= 4 is 39.1 Å². The third kappa shape index (κ3) is 7.99. The highest BCUT2D eigenvalue weighted by atomic mass is 35.5. The Morgan fingerprint density at radius 1 is 0.925 bits per heavy atom. The minimum absolute atomic E-state index is 0.0131. The SMILES string of the molecule is CCOc1ccc(S(=O)(=O)N(CC(=O)N(Cc2ccc(Cl)cc2)C(C)C(=O)NC(C)C)c2ccc(C)cc2)cc1. The first-order valence-electron chi connectivity index (χ1n) is 13.1. The van der Waals surface area contributed by atoms with E-state index in [1.54, 1.807) is 67.6 Å². The van der Waals surface area contributed by atoms with Gasteiger partial charge in [0.05, 0.1) is 17.2 Å². The van der Waals surface area contributed by atoms with Crippen LogP contribution in [-0.4, -0.2) is 50.4 Å². The molecule has 3 aromatic rings. The summed E-state index contributed by atoms with van der Waals surface area (Å²) in [7, 11) is -4.16. The lowest BCUT2D eigenvalue weighted by Gasteiger charge is -2.32. The molecule has 0 fully saturated rings. The topological polar surface area (TPSA) is 96.0 Å². The highest BCUT2D eigenvalue weighted by Gasteiger charge is 2.32. The number of carbonyl (C=O) groups excluding carboxylic acids is 2. The monoisotopic (exact) mass is 585 g/mol. The number of hydrogen-bond donors (Lipinski definition) is 1. The molecule has 40 heavy (non-hydrogen) atoms. The lowest BCUT2D eigenvalue weighted by atomic mass is 10.1. The summed E-state index contributed by atoms with van der Waals surface area (Å²) in [6.45, 7) is 9.05. The van der Waals surface area contributed by atoms with Crippen molar-refractivity contribution in [2.24, 2.45) is 0 Å². The summed E-state index contributed by atoms with van der Waals surface area (Å²) in [5.41, 5.74) is 2.02. The number of nitrogens with zero attached hydrogens (tertiary/aromatic N) is 2. The minimum atomic E-state index is -4.16. The highest BCUT2D eigenvalue weighted by Crippen LogP contribution is 2.26. The van der Waals surface area contributed by atoms with Crippen LogP contribution in [0.4, 0.5) is 5.69 Å². The fraction of sp³-hybridized carbons (Fsp3) is 0.333. The van der Waals surface area contributed by atoms with Gasteiger partial charge >= 0.3 is 0 Å². The second kappa shape index (κ2) is 13.7. The fourth-order valence-corrected chi connectivity index (χ4v) is 5.56. The van der Waals surface area contributed by atoms with Crippen LogP contribution in [0, 0.1) is 6.92 Å². The first-order valence-corrected chi connectivity index (χ1v) is 14.9. The third-order valence-corrected chi connectivity index (χ3v) is 8.23. The van der Waals surface area contributed by atoms with Gasteiger partial charge in [-0.15, -0.1) is 0 Å². The van der Waals surface area contributed by atoms with Crippen molar-refractivity contribution in [1.82, 2.24) is 10.2 Å². The zero-order valence-corrected chi connectivity index (χ0v) is 25.0. The molecule has 0 bridgehead atoms. The van der Waals surface area contributed by atoms with Crippen LogP contribution in [0.15, 0.2) is 77.7 Å². The first-order chi connectivity index (χ1) is 18.9. The van der Waals surface area contributed by atoms with Gasteiger partial charge in [-0.2, -0.15) is 0 Å². The van der Waals surface area contributed by atoms with Gasteiger partial charge in [0, 0.05) is 17.6 Å². The number of ether oxygens (including phenoxy) is 1. The summed E-state index contributed by atoms with van der Waals surface area (Å²) in [6.07, 6.45) is 0. The van der Waals surface area contributed by atoms with E-state index in [0.29, 0.717) is 23.1 Å². The number of rotatable bonds is 12. The Hall–Kier alpha value is -3.56. The van der Waals surface area contributed by atoms with Gasteiger partial charge in [-0.1, -0.05) is 41.4 Å². The molecule has 0 aliphatic rings. The molecule has 0 radical (unpaired) electrons. The summed E-state index contributed by atoms with van der Waals surface area (Å²) < 4.78 is 34.3. The number of aryl methyl sites for hydroxylation is 1. The predicted molar refractivity (Wildman–Crippen MR) is 158 cm³/mol. The Kier molecular flexibility index (Phi) is 10.6. The molecule has 0 heterocycles. The minimum Gasteiger partial charge on any atom is -0.494 e. The largest absolute Gasteiger partial charge is 0.494 e. The average Bonchev–Trinajstić information content (AvgIpc) is 2.91. The second-order valence-electron chi connectivity index (χ2n) is 9.74. The molecule has 0 saturated heterocycles. The van der Waals surface area contributed by atoms with Gasteiger partial charge in [0.15, 0.2) is 0 Å². The average molecular weight is 586 g/mol. The van der Waals surface area contributed by atoms with Crippen molar-refractivity contribution in [3.8, 4) is 5.75 Å². The molecule has 1 atom stereocenters. The molecule has 3 aromatic carbocycles. The summed E-state index contributed by atoms with van der Waals surface area (Å²) >= 11 is 6.04. The van der Waals surface area contributed by atoms with Gasteiger partial charge in [-0.3, -0.25) is 13.9 Å². The van der Waals surface area contributed by atoms with E-state index < -0.39 is 28.5 Å². The molecular weight excluding hydrogens is 550 g/mol. The Balaban J connectivity index is 2.01. The Labute approximate surface area is 241 Å². The van der Waals surface area contributed by atoms with Gasteiger partial charge in [0.1, 0.15) is 18.3 Å². The van der Waals surface area contributed by atoms with Crippen LogP contribution in [0.1, 0.15) is 38.8 Å². The molecule has 3 rings (SSSR count). The van der Waals surface area contributed by atoms with Crippen LogP contribution in [0.25, 0.3) is 0 Å². The van der Waals surface area contributed by atoms with Crippen LogP contribution in [0.2, 0.25) is 5.02 Å². The van der Waals surface area contributed by atoms with Crippen LogP contribution < -0.4 is 14.4 Å². The molecule has 0 saturated carbocycles. The van der Waals surface area contributed by atoms with Gasteiger partial charge < -0.3 is 15.0 Å². The van der Waals surface area contributed by atoms with E-state index in [-0.39, 0.29) is 23.4 Å². The quantitative estimate of drug-likeness (QED) is 0.316. The van der Waals surface area contributed by atoms with E-state index in [2.05, 4.69) is 5.32 Å². The maximum absolute atomic E-state index is 13.9. The summed E-state index contributed by atoms with van der Waals surface area (Å²) in [6, 6.07) is 18.9. The van der Waals surface area contributed by atoms with Crippen molar-refractivity contribution in [3.05, 3.63) is 88.9 Å². The molecule has 0 spiro atoms. The molecule has 0 aliphatic carbocycles. The van der Waals surface area contributed by atoms with E-state index in [9.17, 15) is 18.0 Å². The third-order valence-electron chi connectivity index (χ3n) is 6.19. The number of anilines is 1. The van der Waals surface area contributed by atoms with Crippen LogP contribution in [0.5, 0.6) is 5.75 Å². The summed E-state index contributed by atoms with van der Waals surface area (Å²) in [5, 5.41) is 3.38. The van der Waals surface area contributed by atoms with E-state index in [4.69, 9.17) is 16.3 Å². The van der Waals surface area contributed by atoms with Gasteiger partial charge in [-0.05, 0) is 88.7 Å². The smallest absolute Gasteiger partial charge is 0.264 e. The molecule has 2 amide bonds. The van der Waals surface area contributed by atoms with E-state index in [1.807, 2.05) is 27.7 Å². The van der Waals surface area contributed by atoms with Crippen LogP contribution in [-0.2, 0) is 26.2 Å². The van der Waals surface area contributed by atoms with Crippen molar-refractivity contribution in [2.75, 3.05) is 17.5 Å². The van der Waals surface area contributed by atoms with E-state index in [0.717, 1.165) is 15.4 Å². The van der Waals surface area contributed by atoms with Gasteiger partial charge in [-0.25, -0.2) is 8.42 Å². The Morgan fingerprint density at radius 2 is 1.52 bits per heavy atom. The van der Waals surface area contributed by atoms with Crippen LogP contribution >= 0.6 is 11.6 Å². The zero-order chi connectivity index (χ0) is 29.4. The fourth-order valence-electron chi connectivity index (χ4n) is 4.02. The maximum atomic E-state index is 13.9. The molecule has 8 nitrogen and oxygen atoms in total. The Morgan fingerprint density at radius 3 is 2.08 bits per heavy atom. The number of halogens is 1. The molecule has 0 aromatic heterocycles. The molecule has 0 aliphatic heterocycles. The molecule has 1 N–H and O–H groups in total. The second-order valence-corrected chi connectivity index (χ2v) is 12.0. The number of nitrogens with one attached hydrogen (secondary N) is 1. The normalized spacial score (nSPS) is 12.1. The van der Waals surface area contributed by atoms with Crippen molar-refractivity contribution < 1.29 is 22.7 Å². The molecule has 1 unspecified atom stereocenters. The standard InChI is InChI=1S/C30H36ClN3O5S/c1-6-39-27-15-17-28(18-16-27)40(37,38)34(26-13-7-22(4)8-14-26)20-29(35)33(23(5)30(36)32-21(2)3)19-24-9-11-25(31)12-10-24/h7-18,21,23H,6,19-20H2,1-5H3,(H,32,36). The molecular formula is C30H36ClN3O5S. The summed E-state index contributed by atoms with van der Waals surface area (Å²) in [4.78, 5) is 28.3. The van der Waals surface area contributed by atoms with E-state index in [1.165, 1.54) is 17.0 Å². The first kappa shape index (κ1) is 31.0. The van der Waals surface area contributed by atoms with Crippen molar-refractivity contribution in [1.29, 1.82) is 0 Å². The van der Waals surface area contributed by atoms with E-state index >= 15 is 0 Å². The molecule has 214 valence electrons. The Bertz CT molecular complexity index is 1390. The predicted octanol–water partition coefficient (Wildman–Crippen LogP) is 5.18. The highest BCUT2D eigenvalue weighted by molar-refractivity contribution is 7.92. The summed E-state index contributed by atoms with van der Waals surface area (Å²) in [5.74, 6) is -0.330. The lowest BCUT2D eigenvalue weighted by molar-refractivity contribution is -0.139. The van der Waals surface area contributed by atoms with Crippen molar-refractivity contribution in [3.63, 3.8) is 0 Å². The number of carbonyl (C=O) groups is 2. The zero-order valence-electron chi connectivity index (χ0n) is 23.4. The number of sulfonamides is 1. The van der Waals surface area contributed by atoms with Crippen molar-refractivity contribution in [2.45, 2.75) is 58.1 Å². The number of hydrogen-bond acceptors (Lipinski definition) is 5. The maximum Gasteiger partial charge on any atom is 0.264 e. The molecule has 10 heteroatoms.